The van der Waals surface area contributed by atoms with Crippen LogP contribution in [0.4, 0.5) is 0 Å². The van der Waals surface area contributed by atoms with E-state index < -0.39 is 92.6 Å². The van der Waals surface area contributed by atoms with Gasteiger partial charge in [-0.1, -0.05) is 5.92 Å². The van der Waals surface area contributed by atoms with Crippen molar-refractivity contribution in [1.82, 2.24) is 0 Å². The second kappa shape index (κ2) is 11.8. The summed E-state index contributed by atoms with van der Waals surface area (Å²) in [4.78, 5) is 0. The van der Waals surface area contributed by atoms with Crippen LogP contribution in [-0.2, 0) is 28.4 Å². The highest BCUT2D eigenvalue weighted by atomic mass is 16.8. The molecule has 3 saturated heterocycles. The fourth-order valence-electron chi connectivity index (χ4n) is 3.85. The van der Waals surface area contributed by atoms with E-state index in [0.717, 1.165) is 0 Å². The van der Waals surface area contributed by atoms with Crippen molar-refractivity contribution in [3.8, 4) is 12.3 Å². The molecular weight excluding hydrogens is 464 g/mol. The monoisotopic (exact) mass is 496 g/mol. The van der Waals surface area contributed by atoms with Crippen LogP contribution in [-0.4, -0.2) is 147 Å². The molecule has 0 aromatic heterocycles. The van der Waals surface area contributed by atoms with Gasteiger partial charge in [0.15, 0.2) is 18.9 Å². The average molecular weight is 496 g/mol. The van der Waals surface area contributed by atoms with E-state index in [2.05, 4.69) is 5.92 Å². The van der Waals surface area contributed by atoms with Crippen molar-refractivity contribution in [3.05, 3.63) is 0 Å². The van der Waals surface area contributed by atoms with Gasteiger partial charge in [0.05, 0.1) is 19.3 Å². The van der Waals surface area contributed by atoms with Crippen molar-refractivity contribution in [2.45, 2.75) is 92.9 Å². The number of aliphatic hydroxyl groups excluding tert-OH is 8. The topological polar surface area (TPSA) is 217 Å². The molecule has 3 aliphatic heterocycles. The van der Waals surface area contributed by atoms with Gasteiger partial charge in [-0.3, -0.25) is 0 Å². The molecule has 14 heteroatoms. The van der Waals surface area contributed by atoms with Crippen molar-refractivity contribution in [2.24, 2.45) is 0 Å². The third-order valence-electron chi connectivity index (χ3n) is 5.95. The summed E-state index contributed by atoms with van der Waals surface area (Å²) in [7, 11) is 0. The molecule has 0 radical (unpaired) electrons. The normalized spacial score (nSPS) is 50.0. The fraction of sp³-hybridized carbons (Fsp3) is 0.900. The molecule has 14 atom stereocenters. The highest BCUT2D eigenvalue weighted by molar-refractivity contribution is 4.93. The van der Waals surface area contributed by atoms with Gasteiger partial charge < -0.3 is 69.3 Å². The van der Waals surface area contributed by atoms with Crippen LogP contribution in [0.2, 0.25) is 0 Å². The summed E-state index contributed by atoms with van der Waals surface area (Å²) in [6, 6.07) is 0. The van der Waals surface area contributed by atoms with E-state index in [4.69, 9.17) is 34.8 Å². The SMILES string of the molecule is C#CCO[C@@H]1O[C@H](CO[C@@H]2O[C@H](C)[C@H](O)[C@H](O)[C@H]2O[C@@H]2OC[C@@H](O)[C@H](O)[C@H]2O)[C@@H](O)[C@H](O)[C@H]1O. The molecule has 0 amide bonds. The number of aliphatic hydroxyl groups is 8. The maximum atomic E-state index is 10.5. The number of terminal acetylenes is 1. The maximum Gasteiger partial charge on any atom is 0.187 e. The summed E-state index contributed by atoms with van der Waals surface area (Å²) in [6.45, 7) is 0.419. The Morgan fingerprint density at radius 3 is 2.12 bits per heavy atom. The van der Waals surface area contributed by atoms with Gasteiger partial charge in [0, 0.05) is 0 Å². The first kappa shape index (κ1) is 27.6. The second-order valence-corrected chi connectivity index (χ2v) is 8.40. The van der Waals surface area contributed by atoms with Gasteiger partial charge in [-0.2, -0.15) is 0 Å². The van der Waals surface area contributed by atoms with E-state index in [1.807, 2.05) is 0 Å². The Labute approximate surface area is 195 Å². The standard InChI is InChI=1S/C20H32O14/c1-3-4-29-18-16(28)13(25)12(24)9(33-18)6-31-20-17(14(26)10(22)7(2)32-20)34-19-15(27)11(23)8(21)5-30-19/h1,7-28H,4-6H2,2H3/t7-,8-,9-,10+,11+,12-,13+,14+,15-,16-,17-,18-,19+,20-/m1/s1. The Morgan fingerprint density at radius 2 is 1.44 bits per heavy atom. The molecule has 14 nitrogen and oxygen atoms in total. The summed E-state index contributed by atoms with van der Waals surface area (Å²) in [5, 5.41) is 80.7. The molecule has 0 aliphatic carbocycles. The van der Waals surface area contributed by atoms with Crippen molar-refractivity contribution < 1.29 is 69.3 Å². The molecule has 0 unspecified atom stereocenters. The summed E-state index contributed by atoms with van der Waals surface area (Å²) in [6.07, 6.45) is -15.1. The second-order valence-electron chi connectivity index (χ2n) is 8.40. The van der Waals surface area contributed by atoms with Gasteiger partial charge in [0.1, 0.15) is 67.6 Å². The molecule has 3 heterocycles. The Hall–Kier alpha value is -1.00. The zero-order valence-electron chi connectivity index (χ0n) is 18.3. The van der Waals surface area contributed by atoms with Crippen LogP contribution in [0.15, 0.2) is 0 Å². The van der Waals surface area contributed by atoms with E-state index in [1.54, 1.807) is 0 Å². The minimum absolute atomic E-state index is 0.231. The van der Waals surface area contributed by atoms with Gasteiger partial charge in [0.2, 0.25) is 0 Å². The van der Waals surface area contributed by atoms with Crippen LogP contribution in [0.3, 0.4) is 0 Å². The van der Waals surface area contributed by atoms with Crippen LogP contribution in [0, 0.1) is 12.3 Å². The highest BCUT2D eigenvalue weighted by Crippen LogP contribution is 2.29. The summed E-state index contributed by atoms with van der Waals surface area (Å²) >= 11 is 0. The van der Waals surface area contributed by atoms with E-state index in [-0.39, 0.29) is 13.2 Å². The number of ether oxygens (including phenoxy) is 6. The summed E-state index contributed by atoms with van der Waals surface area (Å²) < 4.78 is 32.5. The Balaban J connectivity index is 1.68. The van der Waals surface area contributed by atoms with Crippen molar-refractivity contribution in [2.75, 3.05) is 19.8 Å². The largest absolute Gasteiger partial charge is 0.388 e. The van der Waals surface area contributed by atoms with Gasteiger partial charge in [0.25, 0.3) is 0 Å². The lowest BCUT2D eigenvalue weighted by atomic mass is 9.98. The fourth-order valence-corrected chi connectivity index (χ4v) is 3.85. The maximum absolute atomic E-state index is 10.5. The lowest BCUT2D eigenvalue weighted by molar-refractivity contribution is -0.361. The predicted octanol–water partition coefficient (Wildman–Crippen LogP) is -5.25. The van der Waals surface area contributed by atoms with Gasteiger partial charge in [-0.05, 0) is 6.92 Å². The van der Waals surface area contributed by atoms with Gasteiger partial charge in [-0.15, -0.1) is 6.42 Å². The molecule has 8 N–H and O–H groups in total. The molecule has 0 saturated carbocycles. The molecule has 3 rings (SSSR count). The summed E-state index contributed by atoms with van der Waals surface area (Å²) in [5.41, 5.74) is 0. The van der Waals surface area contributed by atoms with E-state index in [9.17, 15) is 40.9 Å². The highest BCUT2D eigenvalue weighted by Gasteiger charge is 2.50. The number of hydrogen-bond acceptors (Lipinski definition) is 14. The minimum Gasteiger partial charge on any atom is -0.388 e. The number of rotatable bonds is 7. The van der Waals surface area contributed by atoms with Crippen molar-refractivity contribution in [1.29, 1.82) is 0 Å². The molecule has 196 valence electrons. The zero-order chi connectivity index (χ0) is 25.2. The van der Waals surface area contributed by atoms with Crippen LogP contribution in [0.25, 0.3) is 0 Å². The first-order valence-corrected chi connectivity index (χ1v) is 10.8. The molecule has 3 aliphatic rings. The van der Waals surface area contributed by atoms with E-state index in [0.29, 0.717) is 0 Å². The lowest BCUT2D eigenvalue weighted by Crippen LogP contribution is -2.63. The zero-order valence-corrected chi connectivity index (χ0v) is 18.3. The van der Waals surface area contributed by atoms with Crippen LogP contribution in [0.1, 0.15) is 6.92 Å². The third kappa shape index (κ3) is 5.86. The first-order chi connectivity index (χ1) is 16.1. The molecule has 0 aromatic carbocycles. The lowest BCUT2D eigenvalue weighted by Gasteiger charge is -2.45. The van der Waals surface area contributed by atoms with Crippen molar-refractivity contribution >= 4 is 0 Å². The molecule has 0 bridgehead atoms. The van der Waals surface area contributed by atoms with Crippen LogP contribution >= 0.6 is 0 Å². The molecular formula is C20H32O14. The molecule has 34 heavy (non-hydrogen) atoms. The molecule has 0 spiro atoms. The molecule has 0 aromatic rings. The summed E-state index contributed by atoms with van der Waals surface area (Å²) in [5.74, 6) is 2.19. The number of hydrogen-bond donors (Lipinski definition) is 8. The van der Waals surface area contributed by atoms with Crippen LogP contribution in [0.5, 0.6) is 0 Å². The van der Waals surface area contributed by atoms with Gasteiger partial charge in [-0.25, -0.2) is 0 Å². The van der Waals surface area contributed by atoms with Crippen molar-refractivity contribution in [3.63, 3.8) is 0 Å². The smallest absolute Gasteiger partial charge is 0.187 e. The first-order valence-electron chi connectivity index (χ1n) is 10.8. The quantitative estimate of drug-likeness (QED) is 0.155. The van der Waals surface area contributed by atoms with E-state index in [1.165, 1.54) is 6.92 Å². The van der Waals surface area contributed by atoms with Crippen LogP contribution < -0.4 is 0 Å². The van der Waals surface area contributed by atoms with Gasteiger partial charge >= 0.3 is 0 Å². The Morgan fingerprint density at radius 1 is 0.765 bits per heavy atom. The van der Waals surface area contributed by atoms with E-state index >= 15 is 0 Å². The minimum atomic E-state index is -1.68. The Kier molecular flexibility index (Phi) is 9.59. The predicted molar refractivity (Wildman–Crippen MR) is 106 cm³/mol. The third-order valence-corrected chi connectivity index (χ3v) is 5.95. The Bertz CT molecular complexity index is 689. The average Bonchev–Trinajstić information content (AvgIpc) is 2.82. The molecule has 3 fully saturated rings.